The van der Waals surface area contributed by atoms with Gasteiger partial charge in [0.1, 0.15) is 41.3 Å². The first-order valence-corrected chi connectivity index (χ1v) is 28.2. The Hall–Kier alpha value is -6.28. The number of hydrogen-bond acceptors (Lipinski definition) is 13. The quantitative estimate of drug-likeness (QED) is 0.0476. The number of benzene rings is 3. The normalized spacial score (nSPS) is 16.9. The Morgan fingerprint density at radius 2 is 1.53 bits per heavy atom. The molecular formula is C58H69ClN8O8S2. The lowest BCUT2D eigenvalue weighted by Crippen LogP contribution is -2.58. The summed E-state index contributed by atoms with van der Waals surface area (Å²) in [6.45, 7) is 17.3. The van der Waals surface area contributed by atoms with Crippen molar-refractivity contribution >= 4 is 63.6 Å². The lowest BCUT2D eigenvalue weighted by Gasteiger charge is -2.35. The Morgan fingerprint density at radius 1 is 0.844 bits per heavy atom. The van der Waals surface area contributed by atoms with Gasteiger partial charge in [0.05, 0.1) is 30.9 Å². The number of thiophene rings is 2. The van der Waals surface area contributed by atoms with E-state index in [1.165, 1.54) is 20.2 Å². The molecule has 3 aromatic carbocycles. The molecule has 5 atom stereocenters. The second-order valence-corrected chi connectivity index (χ2v) is 23.4. The lowest BCUT2D eigenvalue weighted by atomic mass is 9.85. The van der Waals surface area contributed by atoms with Crippen molar-refractivity contribution in [1.82, 2.24) is 35.6 Å². The van der Waals surface area contributed by atoms with Crippen LogP contribution in [0, 0.1) is 33.1 Å². The first-order chi connectivity index (χ1) is 36.9. The number of nitrogens with zero attached hydrogens (tertiary/aromatic N) is 5. The maximum atomic E-state index is 14.0. The number of carbonyl (C=O) groups is 4. The molecule has 0 radical (unpaired) electrons. The first-order valence-electron chi connectivity index (χ1n) is 26.1. The molecule has 4 N–H and O–H groups in total. The van der Waals surface area contributed by atoms with Crippen LogP contribution in [0.3, 0.4) is 0 Å². The third-order valence-electron chi connectivity index (χ3n) is 13.8. The minimum atomic E-state index is -0.956. The van der Waals surface area contributed by atoms with Crippen molar-refractivity contribution in [1.29, 1.82) is 0 Å². The van der Waals surface area contributed by atoms with E-state index in [0.29, 0.717) is 49.3 Å². The van der Waals surface area contributed by atoms with Gasteiger partial charge in [-0.25, -0.2) is 0 Å². The molecule has 77 heavy (non-hydrogen) atoms. The summed E-state index contributed by atoms with van der Waals surface area (Å²) in [5.74, 6) is 0.632. The van der Waals surface area contributed by atoms with Crippen LogP contribution >= 0.6 is 34.3 Å². The molecule has 8 rings (SSSR count). The summed E-state index contributed by atoms with van der Waals surface area (Å²) in [4.78, 5) is 63.3. The summed E-state index contributed by atoms with van der Waals surface area (Å²) >= 11 is 9.62. The number of aliphatic hydroxyl groups is 1. The number of aromatic nitrogens is 3. The summed E-state index contributed by atoms with van der Waals surface area (Å²) in [6, 6.07) is 22.7. The number of β-amino-alcohol motifs (C(OH)–C–C–N with tert-alkyl or cyclic N) is 1. The van der Waals surface area contributed by atoms with Crippen LogP contribution in [0.15, 0.2) is 89.2 Å². The summed E-state index contributed by atoms with van der Waals surface area (Å²) in [6.07, 6.45) is 0.526. The largest absolute Gasteiger partial charge is 0.494 e. The SMILES string of the molecule is Cc1ccsc1-c1ccc(CNC(=O)[C@@H]2C[C@@H](O)CN2C(=O)[C@@H](NC(=O)COCCCOCCCOc2ccc([C@H](C)NC(=O)C[C@@H]3N=C(c4ccc(Cl)cc4)c4c(sc(C)c4C)-n4c(C)nnc43)cc2)C(C)(C)C)cc1. The average Bonchev–Trinajstić information content (AvgIpc) is 4.31. The standard InChI is InChI=1S/C58H69ClN8O8S2/c1-34-23-28-76-52(34)42-13-11-39(12-14-42)31-60-55(71)47-29-44(68)32-66(47)56(72)53(58(6,7)8)63-49(70)33-74-26-9-24-73-25-10-27-75-45-21-17-40(18-22-45)36(3)61-48(69)30-46-54-65-64-38(5)67(54)57-50(35(2)37(4)77-57)51(62-46)41-15-19-43(59)20-16-41/h11-23,28,36,44,46-47,53,68H,9-10,24-27,29-33H2,1-8H3,(H,60,71)(H,61,69)(H,63,70)/t36-,44+,46-,47-,53+/m0/s1. The van der Waals surface area contributed by atoms with E-state index in [1.54, 1.807) is 22.7 Å². The number of aliphatic hydroxyl groups excluding tert-OH is 1. The molecule has 0 unspecified atom stereocenters. The van der Waals surface area contributed by atoms with Crippen LogP contribution in [0.4, 0.5) is 0 Å². The molecule has 0 bridgehead atoms. The number of rotatable bonds is 22. The molecule has 2 aliphatic rings. The number of likely N-dealkylation sites (tertiary alicyclic amines) is 1. The number of aliphatic imine (C=N–C) groups is 1. The molecule has 1 saturated heterocycles. The number of halogens is 1. The van der Waals surface area contributed by atoms with Crippen molar-refractivity contribution in [3.63, 3.8) is 0 Å². The predicted octanol–water partition coefficient (Wildman–Crippen LogP) is 9.11. The van der Waals surface area contributed by atoms with Gasteiger partial charge < -0.3 is 40.2 Å². The zero-order valence-electron chi connectivity index (χ0n) is 45.0. The molecule has 0 spiro atoms. The number of nitrogens with one attached hydrogen (secondary N) is 3. The van der Waals surface area contributed by atoms with E-state index in [0.717, 1.165) is 49.9 Å². The van der Waals surface area contributed by atoms with E-state index >= 15 is 0 Å². The maximum Gasteiger partial charge on any atom is 0.246 e. The van der Waals surface area contributed by atoms with Crippen LogP contribution in [0.2, 0.25) is 5.02 Å². The van der Waals surface area contributed by atoms with Crippen LogP contribution in [-0.4, -0.2) is 112 Å². The Kier molecular flexibility index (Phi) is 18.8. The fourth-order valence-corrected chi connectivity index (χ4v) is 11.8. The van der Waals surface area contributed by atoms with Crippen LogP contribution < -0.4 is 20.7 Å². The minimum Gasteiger partial charge on any atom is -0.494 e. The van der Waals surface area contributed by atoms with Crippen LogP contribution in [-0.2, 0) is 35.2 Å². The Morgan fingerprint density at radius 3 is 2.22 bits per heavy atom. The maximum absolute atomic E-state index is 14.0. The highest BCUT2D eigenvalue weighted by Gasteiger charge is 2.44. The van der Waals surface area contributed by atoms with Gasteiger partial charge in [0.15, 0.2) is 5.82 Å². The Labute approximate surface area is 463 Å². The highest BCUT2D eigenvalue weighted by atomic mass is 35.5. The van der Waals surface area contributed by atoms with Gasteiger partial charge in [0, 0.05) is 71.7 Å². The van der Waals surface area contributed by atoms with Gasteiger partial charge in [-0.1, -0.05) is 80.9 Å². The van der Waals surface area contributed by atoms with E-state index in [1.807, 2.05) is 112 Å². The highest BCUT2D eigenvalue weighted by Crippen LogP contribution is 2.40. The van der Waals surface area contributed by atoms with Gasteiger partial charge in [-0.05, 0) is 110 Å². The third kappa shape index (κ3) is 14.1. The van der Waals surface area contributed by atoms with Gasteiger partial charge >= 0.3 is 0 Å². The molecule has 0 aliphatic carbocycles. The highest BCUT2D eigenvalue weighted by molar-refractivity contribution is 7.15. The van der Waals surface area contributed by atoms with Crippen LogP contribution in [0.25, 0.3) is 15.4 Å². The van der Waals surface area contributed by atoms with Gasteiger partial charge in [-0.15, -0.1) is 32.9 Å². The number of amides is 4. The Bertz CT molecular complexity index is 3060. The van der Waals surface area contributed by atoms with E-state index in [-0.39, 0.29) is 57.0 Å². The van der Waals surface area contributed by atoms with Gasteiger partial charge in [-0.3, -0.25) is 28.7 Å². The van der Waals surface area contributed by atoms with E-state index in [9.17, 15) is 24.3 Å². The topological polar surface area (TPSA) is 199 Å². The summed E-state index contributed by atoms with van der Waals surface area (Å²) in [7, 11) is 0. The molecule has 6 aromatic rings. The van der Waals surface area contributed by atoms with Crippen molar-refractivity contribution in [2.24, 2.45) is 10.4 Å². The molecule has 1 fully saturated rings. The molecule has 3 aromatic heterocycles. The number of ether oxygens (including phenoxy) is 3. The first kappa shape index (κ1) is 56.9. The van der Waals surface area contributed by atoms with Crippen molar-refractivity contribution < 1.29 is 38.5 Å². The Balaban J connectivity index is 0.720. The van der Waals surface area contributed by atoms with Crippen molar-refractivity contribution in [2.45, 2.75) is 118 Å². The third-order valence-corrected chi connectivity index (χ3v) is 16.3. The fraction of sp³-hybridized carbons (Fsp3) is 0.431. The van der Waals surface area contributed by atoms with Crippen molar-refractivity contribution in [3.8, 4) is 21.2 Å². The zero-order chi connectivity index (χ0) is 55.0. The summed E-state index contributed by atoms with van der Waals surface area (Å²) < 4.78 is 19.4. The zero-order valence-corrected chi connectivity index (χ0v) is 47.4. The average molecular weight is 1110 g/mol. The fourth-order valence-electron chi connectivity index (χ4n) is 9.50. The lowest BCUT2D eigenvalue weighted by molar-refractivity contribution is -0.144. The van der Waals surface area contributed by atoms with Gasteiger partial charge in [0.25, 0.3) is 0 Å². The minimum absolute atomic E-state index is 0.0102. The van der Waals surface area contributed by atoms with Crippen LogP contribution in [0.5, 0.6) is 5.75 Å². The van der Waals surface area contributed by atoms with Gasteiger partial charge in [0.2, 0.25) is 23.6 Å². The summed E-state index contributed by atoms with van der Waals surface area (Å²) in [5.41, 5.74) is 7.30. The molecule has 5 heterocycles. The number of aryl methyl sites for hydroxylation is 3. The number of carbonyl (C=O) groups excluding carboxylic acids is 4. The second kappa shape index (κ2) is 25.5. The molecule has 16 nitrogen and oxygen atoms in total. The van der Waals surface area contributed by atoms with E-state index in [4.69, 9.17) is 30.8 Å². The van der Waals surface area contributed by atoms with Crippen molar-refractivity contribution in [2.75, 3.05) is 39.6 Å². The molecule has 0 saturated carbocycles. The predicted molar refractivity (Wildman–Crippen MR) is 301 cm³/mol. The monoisotopic (exact) mass is 1100 g/mol. The van der Waals surface area contributed by atoms with Crippen molar-refractivity contribution in [3.05, 3.63) is 139 Å². The molecule has 408 valence electrons. The molecular weight excluding hydrogens is 1040 g/mol. The number of fused-ring (bicyclic) bond motifs is 3. The van der Waals surface area contributed by atoms with E-state index < -0.39 is 41.5 Å². The molecule has 2 aliphatic heterocycles. The van der Waals surface area contributed by atoms with Gasteiger partial charge in [-0.2, -0.15) is 0 Å². The van der Waals surface area contributed by atoms with Crippen LogP contribution in [0.1, 0.15) is 115 Å². The smallest absolute Gasteiger partial charge is 0.246 e. The number of hydrogen-bond donors (Lipinski definition) is 4. The molecule has 4 amide bonds. The molecule has 19 heteroatoms. The summed E-state index contributed by atoms with van der Waals surface area (Å²) in [5, 5.41) is 32.1. The second-order valence-electron chi connectivity index (χ2n) is 20.8. The van der Waals surface area contributed by atoms with E-state index in [2.05, 4.69) is 58.4 Å².